The van der Waals surface area contributed by atoms with Gasteiger partial charge in [-0.1, -0.05) is 327 Å². The van der Waals surface area contributed by atoms with E-state index in [1.165, 1.54) is 42.1 Å². The van der Waals surface area contributed by atoms with Crippen LogP contribution in [0.1, 0.15) is 128 Å². The molecule has 0 amide bonds. The van der Waals surface area contributed by atoms with Gasteiger partial charge in [0.25, 0.3) is 0 Å². The Morgan fingerprint density at radius 2 is 0.703 bits per heavy atom. The van der Waals surface area contributed by atoms with Gasteiger partial charge in [0.15, 0.2) is 16.7 Å². The molecule has 0 bridgehead atoms. The third-order valence-corrected chi connectivity index (χ3v) is 31.8. The van der Waals surface area contributed by atoms with Gasteiger partial charge < -0.3 is 73.8 Å². The van der Waals surface area contributed by atoms with Crippen molar-refractivity contribution in [3.8, 4) is 0 Å². The Labute approximate surface area is 877 Å². The number of thiocarbonyl (C=S) groups is 1. The first kappa shape index (κ1) is 110. The van der Waals surface area contributed by atoms with E-state index < -0.39 is 40.0 Å². The van der Waals surface area contributed by atoms with Crippen molar-refractivity contribution in [3.05, 3.63) is 429 Å². The van der Waals surface area contributed by atoms with Crippen molar-refractivity contribution >= 4 is 62.4 Å². The summed E-state index contributed by atoms with van der Waals surface area (Å²) < 4.78 is 139. The van der Waals surface area contributed by atoms with Crippen molar-refractivity contribution in [2.75, 3.05) is 104 Å². The zero-order valence-corrected chi connectivity index (χ0v) is 85.3. The van der Waals surface area contributed by atoms with Gasteiger partial charge in [0, 0.05) is 144 Å². The Kier molecular flexibility index (Phi) is 40.1. The summed E-state index contributed by atoms with van der Waals surface area (Å²) in [5.74, 6) is -0.806. The van der Waals surface area contributed by atoms with Gasteiger partial charge in [-0.25, -0.2) is 22.0 Å². The van der Waals surface area contributed by atoms with Gasteiger partial charge in [0.2, 0.25) is 0 Å². The minimum absolute atomic E-state index is 0.0104. The molecule has 8 aliphatic rings. The average molecular weight is 2070 g/mol. The Morgan fingerprint density at radius 1 is 0.372 bits per heavy atom. The largest absolute Gasteiger partial charge is 0.396 e. The third kappa shape index (κ3) is 27.5. The molecule has 0 radical (unpaired) electrons. The molecule has 6 saturated heterocycles. The molecule has 8 aliphatic heterocycles. The van der Waals surface area contributed by atoms with E-state index in [1.54, 1.807) is 78.5 Å². The van der Waals surface area contributed by atoms with Gasteiger partial charge in [0.05, 0.1) is 144 Å². The number of ether oxygens (including phenoxy) is 11. The molecule has 8 heterocycles. The van der Waals surface area contributed by atoms with Crippen LogP contribution < -0.4 is 11.5 Å². The van der Waals surface area contributed by atoms with Crippen LogP contribution in [0.2, 0.25) is 0 Å². The summed E-state index contributed by atoms with van der Waals surface area (Å²) in [6.45, 7) is 7.43. The number of benzene rings is 12. The number of hydrogen-bond acceptors (Lipinski definition) is 22. The summed E-state index contributed by atoms with van der Waals surface area (Å²) >= 11 is 8.80. The lowest BCUT2D eigenvalue weighted by Crippen LogP contribution is -2.57. The van der Waals surface area contributed by atoms with Crippen molar-refractivity contribution in [3.63, 3.8) is 0 Å². The standard InChI is InChI=1S/C30H31FO4S.C29H28FNO3S.C21H23FN2O2S.C21H23FO3.C20H24FNO3/c31-27-14-8-7-13-25(27)30(18-24(36)17-28(33)23-11-5-2-6-12-23)15-16-35-29(26(30)19-32)21-34-20-22-9-3-1-4-10-22;30-25-14-8-7-13-23(25)29-15-16-34-27(19-33-18-21-9-3-1-4-10-21)24(29)20-35-28(31-29)17-26(32)22-11-5-2-6-12-22;22-18-9-5-4-8-16(18)21-10-11-26-19(17(21)14-27-20(23)24-21)13-25-12-15-6-2-1-3-7-15;22-19-9-5-4-8-17(19)21-10-11-25-20(18(21)13-24-15-21)14-23-12-16-6-2-1-3-7-16;21-18-9-5-4-8-16(18)20(22)10-11-25-19(17(20)12-23)14-24-13-15-6-2-1-3-7-15/h1-14,26,29,32H,15-21H2;1-14,24,27H,15-20H2;1-9,17,19H,10-14H2,(H2,23,24);1-9,18,20H,10-15H2;1-9,17,19,23H,10-14,22H2/t26-,29-,30-;24-,27-,29-;17-,19-,21-;18-,20-,21-;17-,19-,20-/m11111/s1. The number of thioether (sulfide) groups is 2. The lowest BCUT2D eigenvalue weighted by Gasteiger charge is -2.48. The van der Waals surface area contributed by atoms with E-state index in [0.717, 1.165) is 50.6 Å². The fourth-order valence-electron chi connectivity index (χ4n) is 21.9. The Balaban J connectivity index is 0.000000133. The second kappa shape index (κ2) is 54.1. The molecular formula is C121H129F5N4O15S3. The lowest BCUT2D eigenvalue weighted by atomic mass is 9.62. The van der Waals surface area contributed by atoms with E-state index in [2.05, 4.69) is 0 Å². The highest BCUT2D eigenvalue weighted by molar-refractivity contribution is 8.14. The predicted molar refractivity (Wildman–Crippen MR) is 571 cm³/mol. The summed E-state index contributed by atoms with van der Waals surface area (Å²) in [4.78, 5) is 36.2. The first-order chi connectivity index (χ1) is 72.3. The Bertz CT molecular complexity index is 6230. The number of amidine groups is 1. The first-order valence-electron chi connectivity index (χ1n) is 50.7. The molecule has 148 heavy (non-hydrogen) atoms. The molecule has 20 rings (SSSR count). The summed E-state index contributed by atoms with van der Waals surface area (Å²) in [7, 11) is 0. The molecule has 12 aromatic carbocycles. The number of carbonyl (C=O) groups is 2. The number of nitrogens with two attached hydrogens (primary N) is 2. The van der Waals surface area contributed by atoms with Crippen LogP contribution in [0.5, 0.6) is 0 Å². The van der Waals surface area contributed by atoms with Crippen molar-refractivity contribution in [2.24, 2.45) is 51.0 Å². The highest BCUT2D eigenvalue weighted by atomic mass is 32.2. The molecule has 0 saturated carbocycles. The number of aliphatic hydroxyl groups is 2. The summed E-state index contributed by atoms with van der Waals surface area (Å²) in [5.41, 5.74) is 18.7. The Morgan fingerprint density at radius 3 is 1.13 bits per heavy atom. The molecule has 15 atom stereocenters. The smallest absolute Gasteiger partial charge is 0.169 e. The zero-order valence-electron chi connectivity index (χ0n) is 82.9. The maximum Gasteiger partial charge on any atom is 0.169 e. The molecule has 0 unspecified atom stereocenters. The average Bonchev–Trinajstić information content (AvgIpc) is 1.18. The number of nitrogens with zero attached hydrogens (tertiary/aromatic N) is 2. The predicted octanol–water partition coefficient (Wildman–Crippen LogP) is 21.8. The van der Waals surface area contributed by atoms with Crippen LogP contribution in [0.4, 0.5) is 22.0 Å². The van der Waals surface area contributed by atoms with Gasteiger partial charge >= 0.3 is 0 Å². The van der Waals surface area contributed by atoms with Crippen molar-refractivity contribution in [1.29, 1.82) is 0 Å². The number of aliphatic imine (C=N–C) groups is 2. The number of halogens is 5. The van der Waals surface area contributed by atoms with E-state index in [1.807, 2.05) is 237 Å². The topological polar surface area (TPSA) is 253 Å². The van der Waals surface area contributed by atoms with Crippen LogP contribution in [0.3, 0.4) is 0 Å². The van der Waals surface area contributed by atoms with Crippen LogP contribution in [0.15, 0.2) is 344 Å². The van der Waals surface area contributed by atoms with E-state index in [0.29, 0.717) is 187 Å². The van der Waals surface area contributed by atoms with Crippen LogP contribution >= 0.6 is 35.7 Å². The van der Waals surface area contributed by atoms with Crippen molar-refractivity contribution < 1.29 is 93.9 Å². The summed E-state index contributed by atoms with van der Waals surface area (Å²) in [5, 5.41) is 21.8. The van der Waals surface area contributed by atoms with Crippen molar-refractivity contribution in [1.82, 2.24) is 0 Å². The van der Waals surface area contributed by atoms with Gasteiger partial charge in [-0.15, -0.1) is 11.8 Å². The molecule has 6 N–H and O–H groups in total. The van der Waals surface area contributed by atoms with E-state index >= 15 is 8.78 Å². The van der Waals surface area contributed by atoms with Crippen LogP contribution in [0, 0.1) is 58.7 Å². The second-order valence-electron chi connectivity index (χ2n) is 38.5. The van der Waals surface area contributed by atoms with Gasteiger partial charge in [0.1, 0.15) is 29.1 Å². The molecule has 19 nitrogen and oxygen atoms in total. The van der Waals surface area contributed by atoms with Gasteiger partial charge in [-0.3, -0.25) is 19.6 Å². The highest BCUT2D eigenvalue weighted by Gasteiger charge is 2.56. The fraction of sp³-hybridized carbons (Fsp3) is 0.364. The number of hydrogen-bond donors (Lipinski definition) is 4. The summed E-state index contributed by atoms with van der Waals surface area (Å²) in [6.07, 6.45) is 2.25. The normalized spacial score (nSPS) is 25.3. The number of fused-ring (bicyclic) bond motifs is 3. The number of carbonyl (C=O) groups excluding carboxylic acids is 2. The second-order valence-corrected chi connectivity index (χ2v) is 41.2. The number of ketones is 2. The van der Waals surface area contributed by atoms with Gasteiger partial charge in [-0.2, -0.15) is 0 Å². The molecule has 6 fully saturated rings. The quantitative estimate of drug-likeness (QED) is 0.0164. The highest BCUT2D eigenvalue weighted by Crippen LogP contribution is 2.53. The molecule has 27 heteroatoms. The van der Waals surface area contributed by atoms with Crippen LogP contribution in [0.25, 0.3) is 0 Å². The minimum atomic E-state index is -0.973. The molecule has 12 aromatic rings. The maximum absolute atomic E-state index is 15.2. The molecule has 0 spiro atoms. The fourth-order valence-corrected chi connectivity index (χ4v) is 24.7. The Hall–Kier alpha value is -11.0. The molecule has 0 aromatic heterocycles. The third-order valence-electron chi connectivity index (χ3n) is 29.5. The van der Waals surface area contributed by atoms with E-state index in [9.17, 15) is 33.0 Å². The lowest BCUT2D eigenvalue weighted by molar-refractivity contribution is -0.120. The monoisotopic (exact) mass is 2070 g/mol. The van der Waals surface area contributed by atoms with E-state index in [-0.39, 0.29) is 121 Å². The van der Waals surface area contributed by atoms with Crippen LogP contribution in [-0.4, -0.2) is 171 Å². The SMILES string of the molecule is Fc1ccccc1[C@]12CCO[C@H](COCc3ccccc3)[C@H]1COC2.NC1=N[C@@]2(c3ccccc3F)CCO[C@H](COCc3ccccc3)[C@H]2CS1.N[C@@]1(c2ccccc2F)CCO[C@H](COCc2ccccc2)[C@H]1CO.O=C(CC(=S)C[C@@]1(c2ccccc2F)CCO[C@H](COCc2ccccc2)[C@H]1CO)c1ccccc1.O=C(CC1=N[C@@]2(c3ccccc3F)CCO[C@H](COCc3ccccc3)[C@H]2CS1)c1ccccc1. The molecule has 776 valence electrons. The van der Waals surface area contributed by atoms with E-state index in [4.69, 9.17) is 85.8 Å². The maximum atomic E-state index is 15.2. The summed E-state index contributed by atoms with van der Waals surface area (Å²) in [6, 6.07) is 102. The number of aliphatic hydroxyl groups excluding tert-OH is 2. The first-order valence-corrected chi connectivity index (χ1v) is 53.1. The van der Waals surface area contributed by atoms with Crippen molar-refractivity contribution in [2.45, 2.75) is 142 Å². The molecular weight excluding hydrogens is 1940 g/mol. The zero-order chi connectivity index (χ0) is 103. The minimum Gasteiger partial charge on any atom is -0.396 e. The number of Topliss-reactive ketones (excluding diaryl/α,β-unsaturated/α-hetero) is 2. The molecule has 0 aliphatic carbocycles. The number of rotatable bonds is 35. The van der Waals surface area contributed by atoms with Crippen LogP contribution in [-0.2, 0) is 113 Å². The van der Waals surface area contributed by atoms with Gasteiger partial charge in [-0.05, 0) is 95.0 Å².